The fraction of sp³-hybridized carbons (Fsp3) is 0.312. The molecule has 0 fully saturated rings. The van der Waals surface area contributed by atoms with Gasteiger partial charge in [0.15, 0.2) is 0 Å². The Labute approximate surface area is 133 Å². The normalized spacial score (nSPS) is 12.0. The highest BCUT2D eigenvalue weighted by atomic mass is 32.2. The standard InChI is InChI=1S/C16H19N3O2S/c1-10(22-13-7-5-4-6-8-13)9-17-15(20)14-11(2)12(3)18-19-16(14)21/h4-8,10H,9H2,1-3H3,(H,17,20)(H,19,21). The molecule has 1 aromatic heterocycles. The fourth-order valence-corrected chi connectivity index (χ4v) is 2.94. The average molecular weight is 317 g/mol. The summed E-state index contributed by atoms with van der Waals surface area (Å²) in [4.78, 5) is 25.2. The van der Waals surface area contributed by atoms with Crippen molar-refractivity contribution in [2.75, 3.05) is 6.54 Å². The Balaban J connectivity index is 1.99. The topological polar surface area (TPSA) is 74.8 Å². The molecule has 1 amide bonds. The van der Waals surface area contributed by atoms with Gasteiger partial charge in [0.2, 0.25) is 0 Å². The predicted octanol–water partition coefficient (Wildman–Crippen LogP) is 2.30. The molecular weight excluding hydrogens is 298 g/mol. The first-order valence-electron chi connectivity index (χ1n) is 7.05. The number of hydrogen-bond acceptors (Lipinski definition) is 4. The van der Waals surface area contributed by atoms with Crippen molar-refractivity contribution in [2.24, 2.45) is 0 Å². The van der Waals surface area contributed by atoms with Gasteiger partial charge < -0.3 is 5.32 Å². The number of aryl methyl sites for hydroxylation is 1. The van der Waals surface area contributed by atoms with Crippen molar-refractivity contribution in [3.63, 3.8) is 0 Å². The second-order valence-corrected chi connectivity index (χ2v) is 6.60. The quantitative estimate of drug-likeness (QED) is 0.830. The van der Waals surface area contributed by atoms with Crippen molar-refractivity contribution in [3.05, 3.63) is 57.5 Å². The number of nitrogens with zero attached hydrogens (tertiary/aromatic N) is 1. The van der Waals surface area contributed by atoms with Crippen molar-refractivity contribution in [1.29, 1.82) is 0 Å². The number of carbonyl (C=O) groups is 1. The largest absolute Gasteiger partial charge is 0.351 e. The predicted molar refractivity (Wildman–Crippen MR) is 88.4 cm³/mol. The highest BCUT2D eigenvalue weighted by Crippen LogP contribution is 2.22. The summed E-state index contributed by atoms with van der Waals surface area (Å²) in [5, 5.41) is 9.22. The summed E-state index contributed by atoms with van der Waals surface area (Å²) in [6, 6.07) is 10.00. The van der Waals surface area contributed by atoms with Crippen LogP contribution in [0, 0.1) is 13.8 Å². The van der Waals surface area contributed by atoms with Gasteiger partial charge in [0.1, 0.15) is 5.56 Å². The van der Waals surface area contributed by atoms with Crippen molar-refractivity contribution < 1.29 is 4.79 Å². The van der Waals surface area contributed by atoms with Crippen LogP contribution in [0.15, 0.2) is 40.0 Å². The lowest BCUT2D eigenvalue weighted by Crippen LogP contribution is -2.34. The summed E-state index contributed by atoms with van der Waals surface area (Å²) in [5.41, 5.74) is 0.953. The van der Waals surface area contributed by atoms with Gasteiger partial charge in [0.25, 0.3) is 11.5 Å². The molecule has 1 unspecified atom stereocenters. The van der Waals surface area contributed by atoms with E-state index in [4.69, 9.17) is 0 Å². The van der Waals surface area contributed by atoms with Gasteiger partial charge in [-0.25, -0.2) is 5.10 Å². The van der Waals surface area contributed by atoms with Gasteiger partial charge in [0.05, 0.1) is 5.69 Å². The first kappa shape index (κ1) is 16.3. The van der Waals surface area contributed by atoms with E-state index in [1.165, 1.54) is 0 Å². The molecule has 0 aliphatic rings. The lowest BCUT2D eigenvalue weighted by molar-refractivity contribution is 0.0951. The van der Waals surface area contributed by atoms with Crippen LogP contribution in [-0.2, 0) is 0 Å². The number of benzene rings is 1. The highest BCUT2D eigenvalue weighted by Gasteiger charge is 2.16. The molecular formula is C16H19N3O2S. The minimum absolute atomic E-state index is 0.143. The van der Waals surface area contributed by atoms with E-state index in [2.05, 4.69) is 15.5 Å². The molecule has 1 atom stereocenters. The molecule has 2 N–H and O–H groups in total. The summed E-state index contributed by atoms with van der Waals surface area (Å²) in [6.45, 7) is 6.01. The minimum Gasteiger partial charge on any atom is -0.351 e. The Hall–Kier alpha value is -2.08. The van der Waals surface area contributed by atoms with Gasteiger partial charge in [0, 0.05) is 16.7 Å². The smallest absolute Gasteiger partial charge is 0.277 e. The monoisotopic (exact) mass is 317 g/mol. The Kier molecular flexibility index (Phi) is 5.38. The summed E-state index contributed by atoms with van der Waals surface area (Å²) < 4.78 is 0. The van der Waals surface area contributed by atoms with E-state index in [-0.39, 0.29) is 16.7 Å². The maximum Gasteiger partial charge on any atom is 0.277 e. The van der Waals surface area contributed by atoms with Crippen LogP contribution in [0.25, 0.3) is 0 Å². The zero-order valence-electron chi connectivity index (χ0n) is 12.8. The highest BCUT2D eigenvalue weighted by molar-refractivity contribution is 8.00. The summed E-state index contributed by atoms with van der Waals surface area (Å²) in [5.74, 6) is -0.357. The van der Waals surface area contributed by atoms with Crippen molar-refractivity contribution in [2.45, 2.75) is 30.9 Å². The first-order valence-corrected chi connectivity index (χ1v) is 7.92. The maximum absolute atomic E-state index is 12.2. The van der Waals surface area contributed by atoms with Crippen LogP contribution in [0.5, 0.6) is 0 Å². The first-order chi connectivity index (χ1) is 10.5. The van der Waals surface area contributed by atoms with Crippen molar-refractivity contribution in [3.8, 4) is 0 Å². The van der Waals surface area contributed by atoms with Gasteiger partial charge in [-0.15, -0.1) is 11.8 Å². The van der Waals surface area contributed by atoms with Gasteiger partial charge >= 0.3 is 0 Å². The molecule has 116 valence electrons. The van der Waals surface area contributed by atoms with E-state index in [0.29, 0.717) is 17.8 Å². The minimum atomic E-state index is -0.455. The molecule has 0 radical (unpaired) electrons. The van der Waals surface area contributed by atoms with Gasteiger partial charge in [-0.05, 0) is 31.5 Å². The molecule has 5 nitrogen and oxygen atoms in total. The summed E-state index contributed by atoms with van der Waals surface area (Å²) in [7, 11) is 0. The molecule has 0 bridgehead atoms. The number of rotatable bonds is 5. The third-order valence-corrected chi connectivity index (χ3v) is 4.44. The van der Waals surface area contributed by atoms with Gasteiger partial charge in [-0.1, -0.05) is 25.1 Å². The van der Waals surface area contributed by atoms with Crippen LogP contribution in [0.4, 0.5) is 0 Å². The van der Waals surface area contributed by atoms with E-state index in [9.17, 15) is 9.59 Å². The number of H-pyrrole nitrogens is 1. The van der Waals surface area contributed by atoms with Gasteiger partial charge in [-0.2, -0.15) is 5.10 Å². The average Bonchev–Trinajstić information content (AvgIpc) is 2.50. The molecule has 0 saturated heterocycles. The van der Waals surface area contributed by atoms with Crippen LogP contribution < -0.4 is 10.9 Å². The Morgan fingerprint density at radius 1 is 1.32 bits per heavy atom. The van der Waals surface area contributed by atoms with Crippen LogP contribution in [0.1, 0.15) is 28.5 Å². The Morgan fingerprint density at radius 3 is 2.68 bits per heavy atom. The molecule has 2 rings (SSSR count). The van der Waals surface area contributed by atoms with E-state index in [0.717, 1.165) is 4.90 Å². The van der Waals surface area contributed by atoms with Crippen molar-refractivity contribution in [1.82, 2.24) is 15.5 Å². The zero-order chi connectivity index (χ0) is 16.1. The number of amides is 1. The Morgan fingerprint density at radius 2 is 2.00 bits per heavy atom. The number of carbonyl (C=O) groups excluding carboxylic acids is 1. The van der Waals surface area contributed by atoms with Crippen LogP contribution >= 0.6 is 11.8 Å². The number of nitrogens with one attached hydrogen (secondary N) is 2. The van der Waals surface area contributed by atoms with E-state index < -0.39 is 5.56 Å². The third kappa shape index (κ3) is 3.98. The third-order valence-electron chi connectivity index (χ3n) is 3.33. The van der Waals surface area contributed by atoms with Crippen molar-refractivity contribution >= 4 is 17.7 Å². The van der Waals surface area contributed by atoms with E-state index >= 15 is 0 Å². The van der Waals surface area contributed by atoms with E-state index in [1.807, 2.05) is 37.3 Å². The fourth-order valence-electron chi connectivity index (χ4n) is 2.00. The van der Waals surface area contributed by atoms with Crippen LogP contribution in [0.3, 0.4) is 0 Å². The maximum atomic E-state index is 12.2. The lowest BCUT2D eigenvalue weighted by atomic mass is 10.1. The molecule has 0 aliphatic carbocycles. The summed E-state index contributed by atoms with van der Waals surface area (Å²) in [6.07, 6.45) is 0. The van der Waals surface area contributed by atoms with Gasteiger partial charge in [-0.3, -0.25) is 9.59 Å². The zero-order valence-corrected chi connectivity index (χ0v) is 13.7. The molecule has 22 heavy (non-hydrogen) atoms. The second kappa shape index (κ2) is 7.26. The lowest BCUT2D eigenvalue weighted by Gasteiger charge is -2.13. The molecule has 2 aromatic rings. The second-order valence-electron chi connectivity index (χ2n) is 5.09. The number of aromatic amines is 1. The molecule has 1 aromatic carbocycles. The number of hydrogen-bond donors (Lipinski definition) is 2. The summed E-state index contributed by atoms with van der Waals surface area (Å²) >= 11 is 1.68. The van der Waals surface area contributed by atoms with Crippen LogP contribution in [-0.4, -0.2) is 27.9 Å². The molecule has 0 spiro atoms. The van der Waals surface area contributed by atoms with Crippen LogP contribution in [0.2, 0.25) is 0 Å². The molecule has 0 aliphatic heterocycles. The molecule has 0 saturated carbocycles. The molecule has 1 heterocycles. The number of aromatic nitrogens is 2. The Bertz CT molecular complexity index is 713. The molecule has 6 heteroatoms. The van der Waals surface area contributed by atoms with E-state index in [1.54, 1.807) is 25.6 Å². The SMILES string of the molecule is Cc1n[nH]c(=O)c(C(=O)NCC(C)Sc2ccccc2)c1C. The number of thioether (sulfide) groups is 1.